The van der Waals surface area contributed by atoms with Crippen molar-refractivity contribution in [1.29, 1.82) is 0 Å². The van der Waals surface area contributed by atoms with Crippen LogP contribution in [0.4, 0.5) is 23.2 Å². The van der Waals surface area contributed by atoms with Gasteiger partial charge in [-0.3, -0.25) is 14.2 Å². The average Bonchev–Trinajstić information content (AvgIpc) is 2.75. The Hall–Kier alpha value is -2.16. The van der Waals surface area contributed by atoms with Gasteiger partial charge in [-0.15, -0.1) is 0 Å². The Bertz CT molecular complexity index is 928. The molecule has 2 aliphatic rings. The first-order chi connectivity index (χ1) is 15.8. The fraction of sp³-hybridized carbons (Fsp3) is 0.520. The van der Waals surface area contributed by atoms with Gasteiger partial charge in [-0.1, -0.05) is 30.3 Å². The number of alkyl halides is 4. The highest BCUT2D eigenvalue weighted by atomic mass is 19.4. The highest BCUT2D eigenvalue weighted by Gasteiger charge is 2.40. The van der Waals surface area contributed by atoms with Gasteiger partial charge in [0.15, 0.2) is 0 Å². The topological polar surface area (TPSA) is 38.7 Å². The minimum absolute atomic E-state index is 0.0919. The largest absolute Gasteiger partial charge is 0.401 e. The molecule has 0 aromatic heterocycles. The molecule has 4 rings (SSSR count). The number of hydrogen-bond donors (Lipinski definition) is 2. The number of halogens is 4. The predicted molar refractivity (Wildman–Crippen MR) is 121 cm³/mol. The van der Waals surface area contributed by atoms with Crippen LogP contribution in [-0.4, -0.2) is 66.0 Å². The molecule has 8 heteroatoms. The second-order valence-electron chi connectivity index (χ2n) is 9.20. The fourth-order valence-corrected chi connectivity index (χ4v) is 5.02. The van der Waals surface area contributed by atoms with E-state index in [1.165, 1.54) is 4.90 Å². The van der Waals surface area contributed by atoms with Gasteiger partial charge in [0.1, 0.15) is 0 Å². The van der Waals surface area contributed by atoms with E-state index in [0.717, 1.165) is 47.6 Å². The molecule has 180 valence electrons. The van der Waals surface area contributed by atoms with Gasteiger partial charge in [-0.2, -0.15) is 13.2 Å². The van der Waals surface area contributed by atoms with Crippen molar-refractivity contribution in [2.45, 2.75) is 50.7 Å². The molecule has 0 saturated carbocycles. The third-order valence-corrected chi connectivity index (χ3v) is 6.62. The molecule has 2 heterocycles. The minimum Gasteiger partial charge on any atom is -0.392 e. The first-order valence-electron chi connectivity index (χ1n) is 11.5. The maximum Gasteiger partial charge on any atom is 0.401 e. The van der Waals surface area contributed by atoms with Crippen molar-refractivity contribution in [3.63, 3.8) is 0 Å². The maximum atomic E-state index is 13.4. The van der Waals surface area contributed by atoms with Crippen LogP contribution in [0.3, 0.4) is 0 Å². The summed E-state index contributed by atoms with van der Waals surface area (Å²) in [5.74, 6) is 0. The molecule has 0 spiro atoms. The molecule has 33 heavy (non-hydrogen) atoms. The summed E-state index contributed by atoms with van der Waals surface area (Å²) >= 11 is 0. The Labute approximate surface area is 192 Å². The van der Waals surface area contributed by atoms with E-state index < -0.39 is 18.8 Å². The summed E-state index contributed by atoms with van der Waals surface area (Å²) in [6.07, 6.45) is -3.23. The molecule has 0 radical (unpaired) electrons. The highest BCUT2D eigenvalue weighted by molar-refractivity contribution is 5.49. The molecule has 2 N–H and O–H groups in total. The zero-order chi connectivity index (χ0) is 23.6. The zero-order valence-electron chi connectivity index (χ0n) is 18.8. The summed E-state index contributed by atoms with van der Waals surface area (Å²) in [7, 11) is 0. The number of fused-ring (bicyclic) bond motifs is 1. The van der Waals surface area contributed by atoms with Gasteiger partial charge in [-0.05, 0) is 54.2 Å². The van der Waals surface area contributed by atoms with Crippen LogP contribution < -0.4 is 5.32 Å². The van der Waals surface area contributed by atoms with Crippen molar-refractivity contribution in [2.24, 2.45) is 0 Å². The summed E-state index contributed by atoms with van der Waals surface area (Å²) in [5, 5.41) is 12.9. The lowest BCUT2D eigenvalue weighted by Gasteiger charge is -2.43. The van der Waals surface area contributed by atoms with Gasteiger partial charge >= 0.3 is 6.18 Å². The summed E-state index contributed by atoms with van der Waals surface area (Å²) in [6, 6.07) is 12.7. The molecular formula is C25H31F4N3O. The minimum atomic E-state index is -4.30. The third kappa shape index (κ3) is 5.67. The number of likely N-dealkylation sites (tertiary alicyclic amines) is 1. The molecule has 2 aromatic carbocycles. The Morgan fingerprint density at radius 3 is 2.45 bits per heavy atom. The van der Waals surface area contributed by atoms with Crippen molar-refractivity contribution in [3.8, 4) is 0 Å². The van der Waals surface area contributed by atoms with Gasteiger partial charge < -0.3 is 10.4 Å². The standard InChI is InChI=1S/C25H31F4N3O/c1-17-11-20-12-18(15-33)3-8-23(20)24(32(17)16-25(27,28)29)19-4-6-21(7-5-19)30-22-13-31(14-22)10-2-9-26/h3-8,12,17,22,24,30,33H,2,9-11,13-16H2,1H3/t17-,24-/m0/s1. The van der Waals surface area contributed by atoms with Crippen LogP contribution in [0.15, 0.2) is 42.5 Å². The number of hydrogen-bond acceptors (Lipinski definition) is 4. The normalized spacial score (nSPS) is 22.1. The predicted octanol–water partition coefficient (Wildman–Crippen LogP) is 4.53. The molecule has 0 unspecified atom stereocenters. The lowest BCUT2D eigenvalue weighted by Crippen LogP contribution is -2.54. The van der Waals surface area contributed by atoms with Crippen LogP contribution in [0.5, 0.6) is 0 Å². The fourth-order valence-electron chi connectivity index (χ4n) is 5.02. The van der Waals surface area contributed by atoms with Crippen LogP contribution in [-0.2, 0) is 13.0 Å². The Morgan fingerprint density at radius 1 is 1.09 bits per heavy atom. The van der Waals surface area contributed by atoms with Crippen LogP contribution in [0.25, 0.3) is 0 Å². The van der Waals surface area contributed by atoms with E-state index in [1.54, 1.807) is 6.07 Å². The summed E-state index contributed by atoms with van der Waals surface area (Å²) in [5.41, 5.74) is 4.35. The zero-order valence-corrected chi connectivity index (χ0v) is 18.8. The van der Waals surface area contributed by atoms with Crippen molar-refractivity contribution >= 4 is 5.69 Å². The van der Waals surface area contributed by atoms with Crippen LogP contribution in [0.1, 0.15) is 41.6 Å². The number of aliphatic hydroxyl groups excluding tert-OH is 1. The average molecular weight is 466 g/mol. The number of nitrogens with zero attached hydrogens (tertiary/aromatic N) is 2. The molecule has 1 fully saturated rings. The third-order valence-electron chi connectivity index (χ3n) is 6.62. The second kappa shape index (κ2) is 9.99. The molecule has 0 aliphatic carbocycles. The Balaban J connectivity index is 1.54. The monoisotopic (exact) mass is 465 g/mol. The van der Waals surface area contributed by atoms with Crippen LogP contribution in [0.2, 0.25) is 0 Å². The van der Waals surface area contributed by atoms with Crippen molar-refractivity contribution in [1.82, 2.24) is 9.80 Å². The van der Waals surface area contributed by atoms with E-state index in [0.29, 0.717) is 18.9 Å². The van der Waals surface area contributed by atoms with Crippen LogP contribution in [0, 0.1) is 0 Å². The Morgan fingerprint density at radius 2 is 1.82 bits per heavy atom. The maximum absolute atomic E-state index is 13.4. The highest BCUT2D eigenvalue weighted by Crippen LogP contribution is 2.40. The number of nitrogens with one attached hydrogen (secondary N) is 1. The first kappa shape index (κ1) is 24.0. The quantitative estimate of drug-likeness (QED) is 0.562. The van der Waals surface area contributed by atoms with Crippen molar-refractivity contribution < 1.29 is 22.7 Å². The number of benzene rings is 2. The van der Waals surface area contributed by atoms with E-state index >= 15 is 0 Å². The molecule has 4 nitrogen and oxygen atoms in total. The van der Waals surface area contributed by atoms with E-state index in [4.69, 9.17) is 0 Å². The Kier molecular flexibility index (Phi) is 7.26. The van der Waals surface area contributed by atoms with E-state index in [-0.39, 0.29) is 19.3 Å². The smallest absolute Gasteiger partial charge is 0.392 e. The SMILES string of the molecule is C[C@H]1Cc2cc(CO)ccc2[C@H](c2ccc(NC3CN(CCCF)C3)cc2)N1CC(F)(F)F. The van der Waals surface area contributed by atoms with E-state index in [2.05, 4.69) is 10.2 Å². The van der Waals surface area contributed by atoms with Gasteiger partial charge in [0.2, 0.25) is 0 Å². The summed E-state index contributed by atoms with van der Waals surface area (Å²) in [4.78, 5) is 3.72. The number of anilines is 1. The summed E-state index contributed by atoms with van der Waals surface area (Å²) in [6.45, 7) is 2.95. The van der Waals surface area contributed by atoms with Gasteiger partial charge in [0, 0.05) is 31.4 Å². The molecule has 0 amide bonds. The second-order valence-corrected chi connectivity index (χ2v) is 9.20. The molecular weight excluding hydrogens is 434 g/mol. The lowest BCUT2D eigenvalue weighted by atomic mass is 9.84. The van der Waals surface area contributed by atoms with Crippen molar-refractivity contribution in [2.75, 3.05) is 38.2 Å². The molecule has 2 atom stereocenters. The van der Waals surface area contributed by atoms with Gasteiger partial charge in [-0.25, -0.2) is 0 Å². The number of aliphatic hydroxyl groups is 1. The van der Waals surface area contributed by atoms with E-state index in [9.17, 15) is 22.7 Å². The first-order valence-corrected chi connectivity index (χ1v) is 11.5. The summed E-state index contributed by atoms with van der Waals surface area (Å²) < 4.78 is 52.7. The lowest BCUT2D eigenvalue weighted by molar-refractivity contribution is -0.155. The molecule has 2 aliphatic heterocycles. The van der Waals surface area contributed by atoms with Gasteiger partial charge in [0.05, 0.1) is 31.9 Å². The van der Waals surface area contributed by atoms with Crippen molar-refractivity contribution in [3.05, 3.63) is 64.7 Å². The van der Waals surface area contributed by atoms with Gasteiger partial charge in [0.25, 0.3) is 0 Å². The van der Waals surface area contributed by atoms with Crippen LogP contribution >= 0.6 is 0 Å². The van der Waals surface area contributed by atoms with E-state index in [1.807, 2.05) is 43.3 Å². The molecule has 2 aromatic rings. The molecule has 0 bridgehead atoms. The molecule has 1 saturated heterocycles. The number of rotatable bonds is 8.